The van der Waals surface area contributed by atoms with Gasteiger partial charge in [0.2, 0.25) is 0 Å². The van der Waals surface area contributed by atoms with Gasteiger partial charge in [0.05, 0.1) is 5.38 Å². The summed E-state index contributed by atoms with van der Waals surface area (Å²) in [6.45, 7) is 2.11. The molecule has 1 unspecified atom stereocenters. The number of alkyl halides is 1. The van der Waals surface area contributed by atoms with Crippen LogP contribution in [-0.4, -0.2) is 0 Å². The summed E-state index contributed by atoms with van der Waals surface area (Å²) in [4.78, 5) is 1.23. The van der Waals surface area contributed by atoms with Crippen molar-refractivity contribution >= 4 is 34.3 Å². The lowest BCUT2D eigenvalue weighted by Gasteiger charge is -2.05. The molecule has 13 heavy (non-hydrogen) atoms. The number of rotatable bonds is 2. The summed E-state index contributed by atoms with van der Waals surface area (Å²) in [5.41, 5.74) is 2.53. The fourth-order valence-corrected chi connectivity index (χ4v) is 3.35. The second-order valence-corrected chi connectivity index (χ2v) is 5.05. The Morgan fingerprint density at radius 3 is 2.77 bits per heavy atom. The van der Waals surface area contributed by atoms with Crippen LogP contribution >= 0.6 is 34.3 Å². The van der Waals surface area contributed by atoms with E-state index >= 15 is 0 Å². The Labute approximate surface area is 90.8 Å². The Morgan fingerprint density at radius 1 is 1.38 bits per heavy atom. The standard InChI is InChI=1S/C10H9ClS2/c1-7-5-12-6-8(7)10(11)9-3-2-4-13-9/h2-6,10H,1H3. The van der Waals surface area contributed by atoms with E-state index in [4.69, 9.17) is 11.6 Å². The average Bonchev–Trinajstić information content (AvgIpc) is 2.72. The minimum absolute atomic E-state index is 0.0336. The minimum atomic E-state index is 0.0336. The zero-order valence-corrected chi connectivity index (χ0v) is 9.55. The predicted octanol–water partition coefficient (Wildman–Crippen LogP) is 4.45. The van der Waals surface area contributed by atoms with Crippen LogP contribution in [0.4, 0.5) is 0 Å². The maximum Gasteiger partial charge on any atom is 0.0938 e. The SMILES string of the molecule is Cc1cscc1C(Cl)c1cccs1. The minimum Gasteiger partial charge on any atom is -0.152 e. The van der Waals surface area contributed by atoms with Crippen LogP contribution in [0.2, 0.25) is 0 Å². The van der Waals surface area contributed by atoms with Gasteiger partial charge in [-0.25, -0.2) is 0 Å². The first-order valence-electron chi connectivity index (χ1n) is 3.99. The third-order valence-electron chi connectivity index (χ3n) is 1.96. The number of thiophene rings is 2. The lowest BCUT2D eigenvalue weighted by molar-refractivity contribution is 1.17. The molecule has 2 aromatic heterocycles. The monoisotopic (exact) mass is 228 g/mol. The van der Waals surface area contributed by atoms with Gasteiger partial charge in [-0.15, -0.1) is 22.9 Å². The molecule has 0 aromatic carbocycles. The van der Waals surface area contributed by atoms with E-state index in [2.05, 4.69) is 29.1 Å². The van der Waals surface area contributed by atoms with Gasteiger partial charge in [-0.2, -0.15) is 11.3 Å². The molecule has 0 aliphatic heterocycles. The second kappa shape index (κ2) is 3.82. The smallest absolute Gasteiger partial charge is 0.0938 e. The molecule has 0 saturated carbocycles. The summed E-state index contributed by atoms with van der Waals surface area (Å²) in [6, 6.07) is 4.12. The van der Waals surface area contributed by atoms with E-state index in [1.54, 1.807) is 22.7 Å². The van der Waals surface area contributed by atoms with Gasteiger partial charge in [-0.3, -0.25) is 0 Å². The molecular formula is C10H9ClS2. The summed E-state index contributed by atoms with van der Waals surface area (Å²) >= 11 is 9.76. The van der Waals surface area contributed by atoms with Gasteiger partial charge >= 0.3 is 0 Å². The van der Waals surface area contributed by atoms with Crippen LogP contribution in [0.5, 0.6) is 0 Å². The first-order chi connectivity index (χ1) is 6.29. The number of hydrogen-bond acceptors (Lipinski definition) is 2. The van der Waals surface area contributed by atoms with Crippen molar-refractivity contribution in [2.75, 3.05) is 0 Å². The highest BCUT2D eigenvalue weighted by Crippen LogP contribution is 2.35. The van der Waals surface area contributed by atoms with Crippen molar-refractivity contribution in [1.82, 2.24) is 0 Å². The van der Waals surface area contributed by atoms with Gasteiger partial charge in [-0.1, -0.05) is 6.07 Å². The molecule has 1 atom stereocenters. The van der Waals surface area contributed by atoms with Crippen LogP contribution < -0.4 is 0 Å². The van der Waals surface area contributed by atoms with Crippen molar-refractivity contribution in [1.29, 1.82) is 0 Å². The highest BCUT2D eigenvalue weighted by Gasteiger charge is 2.14. The molecule has 0 fully saturated rings. The third kappa shape index (κ3) is 1.80. The predicted molar refractivity (Wildman–Crippen MR) is 61.1 cm³/mol. The van der Waals surface area contributed by atoms with Crippen LogP contribution in [0.1, 0.15) is 21.4 Å². The van der Waals surface area contributed by atoms with Gasteiger partial charge in [0, 0.05) is 4.88 Å². The zero-order chi connectivity index (χ0) is 9.26. The summed E-state index contributed by atoms with van der Waals surface area (Å²) in [7, 11) is 0. The number of halogens is 1. The normalized spacial score (nSPS) is 13.1. The van der Waals surface area contributed by atoms with Crippen molar-refractivity contribution < 1.29 is 0 Å². The van der Waals surface area contributed by atoms with Gasteiger partial charge in [-0.05, 0) is 40.3 Å². The van der Waals surface area contributed by atoms with Crippen molar-refractivity contribution in [2.24, 2.45) is 0 Å². The molecule has 0 saturated heterocycles. The van der Waals surface area contributed by atoms with Crippen LogP contribution in [-0.2, 0) is 0 Å². The summed E-state index contributed by atoms with van der Waals surface area (Å²) < 4.78 is 0. The summed E-state index contributed by atoms with van der Waals surface area (Å²) in [5.74, 6) is 0. The molecule has 0 amide bonds. The Bertz CT molecular complexity index is 375. The van der Waals surface area contributed by atoms with E-state index < -0.39 is 0 Å². The van der Waals surface area contributed by atoms with Gasteiger partial charge in [0.15, 0.2) is 0 Å². The molecule has 68 valence electrons. The third-order valence-corrected chi connectivity index (χ3v) is 4.38. The maximum atomic E-state index is 6.34. The van der Waals surface area contributed by atoms with Crippen LogP contribution in [0.25, 0.3) is 0 Å². The van der Waals surface area contributed by atoms with Crippen LogP contribution in [0, 0.1) is 6.92 Å². The van der Waals surface area contributed by atoms with Gasteiger partial charge < -0.3 is 0 Å². The molecule has 0 spiro atoms. The molecule has 0 aliphatic carbocycles. The largest absolute Gasteiger partial charge is 0.152 e. The molecule has 0 radical (unpaired) electrons. The van der Waals surface area contributed by atoms with Crippen LogP contribution in [0.15, 0.2) is 28.3 Å². The van der Waals surface area contributed by atoms with Crippen molar-refractivity contribution in [2.45, 2.75) is 12.3 Å². The van der Waals surface area contributed by atoms with E-state index in [0.29, 0.717) is 0 Å². The molecule has 0 N–H and O–H groups in total. The lowest BCUT2D eigenvalue weighted by Crippen LogP contribution is -1.89. The van der Waals surface area contributed by atoms with Gasteiger partial charge in [0.1, 0.15) is 0 Å². The molecule has 0 aliphatic rings. The lowest BCUT2D eigenvalue weighted by atomic mass is 10.1. The Kier molecular flexibility index (Phi) is 2.72. The van der Waals surface area contributed by atoms with Crippen molar-refractivity contribution in [3.63, 3.8) is 0 Å². The molecule has 2 heterocycles. The first kappa shape index (κ1) is 9.25. The fraction of sp³-hybridized carbons (Fsp3) is 0.200. The van der Waals surface area contributed by atoms with Crippen LogP contribution in [0.3, 0.4) is 0 Å². The highest BCUT2D eigenvalue weighted by atomic mass is 35.5. The molecule has 2 aromatic rings. The number of aryl methyl sites for hydroxylation is 1. The molecular weight excluding hydrogens is 220 g/mol. The van der Waals surface area contributed by atoms with Gasteiger partial charge in [0.25, 0.3) is 0 Å². The van der Waals surface area contributed by atoms with E-state index in [1.807, 2.05) is 6.07 Å². The highest BCUT2D eigenvalue weighted by molar-refractivity contribution is 7.10. The first-order valence-corrected chi connectivity index (χ1v) is 6.25. The molecule has 0 bridgehead atoms. The van der Waals surface area contributed by atoms with E-state index in [1.165, 1.54) is 16.0 Å². The number of hydrogen-bond donors (Lipinski definition) is 0. The Hall–Kier alpha value is -0.310. The van der Waals surface area contributed by atoms with E-state index in [9.17, 15) is 0 Å². The Balaban J connectivity index is 2.33. The topological polar surface area (TPSA) is 0 Å². The maximum absolute atomic E-state index is 6.34. The zero-order valence-electron chi connectivity index (χ0n) is 7.16. The summed E-state index contributed by atoms with van der Waals surface area (Å²) in [6.07, 6.45) is 0. The van der Waals surface area contributed by atoms with Crippen molar-refractivity contribution in [3.8, 4) is 0 Å². The molecule has 0 nitrogen and oxygen atoms in total. The van der Waals surface area contributed by atoms with E-state index in [0.717, 1.165) is 0 Å². The average molecular weight is 229 g/mol. The second-order valence-electron chi connectivity index (χ2n) is 2.89. The fourth-order valence-electron chi connectivity index (χ4n) is 1.22. The molecule has 2 rings (SSSR count). The molecule has 3 heteroatoms. The van der Waals surface area contributed by atoms with E-state index in [-0.39, 0.29) is 5.38 Å². The summed E-state index contributed by atoms with van der Waals surface area (Å²) in [5, 5.41) is 6.36. The quantitative estimate of drug-likeness (QED) is 0.667. The van der Waals surface area contributed by atoms with Crippen molar-refractivity contribution in [3.05, 3.63) is 44.3 Å². The Morgan fingerprint density at radius 2 is 2.23 bits per heavy atom.